The average molecular weight is 225 g/mol. The van der Waals surface area contributed by atoms with E-state index in [0.717, 1.165) is 16.8 Å². The zero-order valence-electron chi connectivity index (χ0n) is 10.2. The Morgan fingerprint density at radius 2 is 1.82 bits per heavy atom. The van der Waals surface area contributed by atoms with E-state index in [9.17, 15) is 0 Å². The summed E-state index contributed by atoms with van der Waals surface area (Å²) < 4.78 is 0. The van der Waals surface area contributed by atoms with Crippen molar-refractivity contribution in [3.8, 4) is 12.3 Å². The van der Waals surface area contributed by atoms with Crippen LogP contribution in [-0.4, -0.2) is 6.04 Å². The first kappa shape index (κ1) is 11.8. The van der Waals surface area contributed by atoms with E-state index in [1.165, 1.54) is 32.1 Å². The maximum atomic E-state index is 5.34. The van der Waals surface area contributed by atoms with Crippen molar-refractivity contribution in [3.05, 3.63) is 42.0 Å². The first-order valence-corrected chi connectivity index (χ1v) is 6.32. The highest BCUT2D eigenvalue weighted by molar-refractivity contribution is 5.62. The first-order chi connectivity index (χ1) is 8.29. The minimum absolute atomic E-state index is 0.601. The maximum Gasteiger partial charge on any atom is 0.0342 e. The van der Waals surface area contributed by atoms with Crippen molar-refractivity contribution in [1.82, 2.24) is 5.32 Å². The van der Waals surface area contributed by atoms with Gasteiger partial charge in [0, 0.05) is 17.3 Å². The van der Waals surface area contributed by atoms with E-state index < -0.39 is 0 Å². The van der Waals surface area contributed by atoms with Gasteiger partial charge in [-0.05, 0) is 30.5 Å². The van der Waals surface area contributed by atoms with Crippen molar-refractivity contribution >= 4 is 5.70 Å². The van der Waals surface area contributed by atoms with Crippen molar-refractivity contribution < 1.29 is 0 Å². The summed E-state index contributed by atoms with van der Waals surface area (Å²) in [6, 6.07) is 8.59. The van der Waals surface area contributed by atoms with Gasteiger partial charge in [-0.3, -0.25) is 0 Å². The second-order valence-corrected chi connectivity index (χ2v) is 4.68. The fourth-order valence-corrected chi connectivity index (χ4v) is 2.34. The molecule has 0 heterocycles. The summed E-state index contributed by atoms with van der Waals surface area (Å²) >= 11 is 0. The summed E-state index contributed by atoms with van der Waals surface area (Å²) in [6.45, 7) is 4.11. The molecule has 0 amide bonds. The number of hydrogen-bond donors (Lipinski definition) is 1. The summed E-state index contributed by atoms with van der Waals surface area (Å²) in [4.78, 5) is 0. The van der Waals surface area contributed by atoms with Gasteiger partial charge in [0.1, 0.15) is 0 Å². The molecule has 1 heteroatoms. The predicted octanol–water partition coefficient (Wildman–Crippen LogP) is 3.56. The summed E-state index contributed by atoms with van der Waals surface area (Å²) in [5.74, 6) is 2.62. The van der Waals surface area contributed by atoms with Crippen molar-refractivity contribution in [1.29, 1.82) is 0 Å². The zero-order valence-corrected chi connectivity index (χ0v) is 10.2. The third-order valence-corrected chi connectivity index (χ3v) is 3.38. The summed E-state index contributed by atoms with van der Waals surface area (Å²) in [5, 5.41) is 3.53. The van der Waals surface area contributed by atoms with Crippen molar-refractivity contribution in [2.24, 2.45) is 0 Å². The van der Waals surface area contributed by atoms with Crippen LogP contribution >= 0.6 is 0 Å². The smallest absolute Gasteiger partial charge is 0.0342 e. The highest BCUT2D eigenvalue weighted by Gasteiger charge is 2.13. The molecule has 0 saturated heterocycles. The van der Waals surface area contributed by atoms with Crippen molar-refractivity contribution in [3.63, 3.8) is 0 Å². The quantitative estimate of drug-likeness (QED) is 0.776. The molecule has 1 aromatic carbocycles. The van der Waals surface area contributed by atoms with Crippen LogP contribution in [0.25, 0.3) is 5.70 Å². The molecule has 1 nitrogen and oxygen atoms in total. The lowest BCUT2D eigenvalue weighted by atomic mass is 9.95. The van der Waals surface area contributed by atoms with Gasteiger partial charge in [0.25, 0.3) is 0 Å². The van der Waals surface area contributed by atoms with Crippen LogP contribution in [0.2, 0.25) is 0 Å². The molecule has 0 aromatic heterocycles. The van der Waals surface area contributed by atoms with Crippen LogP contribution in [-0.2, 0) is 0 Å². The second kappa shape index (κ2) is 5.59. The minimum Gasteiger partial charge on any atom is -0.382 e. The lowest BCUT2D eigenvalue weighted by Gasteiger charge is -2.25. The largest absolute Gasteiger partial charge is 0.382 e. The molecule has 1 aromatic rings. The fourth-order valence-electron chi connectivity index (χ4n) is 2.34. The van der Waals surface area contributed by atoms with Crippen LogP contribution in [0.5, 0.6) is 0 Å². The van der Waals surface area contributed by atoms with Gasteiger partial charge in [0.15, 0.2) is 0 Å². The fraction of sp³-hybridized carbons (Fsp3) is 0.375. The van der Waals surface area contributed by atoms with Crippen molar-refractivity contribution in [2.75, 3.05) is 0 Å². The topological polar surface area (TPSA) is 12.0 Å². The SMILES string of the molecule is C#Cc1ccc(C(=C)NC2CCCCC2)cc1. The van der Waals surface area contributed by atoms with E-state index in [4.69, 9.17) is 6.42 Å². The van der Waals surface area contributed by atoms with Gasteiger partial charge < -0.3 is 5.32 Å². The standard InChI is InChI=1S/C16H19N/c1-3-14-9-11-15(12-10-14)13(2)17-16-7-5-4-6-8-16/h1,9-12,16-17H,2,4-8H2. The molecular weight excluding hydrogens is 206 g/mol. The van der Waals surface area contributed by atoms with Crippen LogP contribution < -0.4 is 5.32 Å². The molecule has 0 radical (unpaired) electrons. The normalized spacial score (nSPS) is 16.2. The Morgan fingerprint density at radius 1 is 1.18 bits per heavy atom. The number of benzene rings is 1. The Labute approximate surface area is 104 Å². The van der Waals surface area contributed by atoms with Gasteiger partial charge >= 0.3 is 0 Å². The van der Waals surface area contributed by atoms with E-state index in [1.54, 1.807) is 0 Å². The molecule has 0 aliphatic heterocycles. The summed E-state index contributed by atoms with van der Waals surface area (Å²) in [6.07, 6.45) is 11.9. The van der Waals surface area contributed by atoms with E-state index in [0.29, 0.717) is 6.04 Å². The van der Waals surface area contributed by atoms with Crippen LogP contribution in [0.3, 0.4) is 0 Å². The van der Waals surface area contributed by atoms with E-state index >= 15 is 0 Å². The summed E-state index contributed by atoms with van der Waals surface area (Å²) in [7, 11) is 0. The molecule has 1 saturated carbocycles. The van der Waals surface area contributed by atoms with Gasteiger partial charge in [-0.1, -0.05) is 43.9 Å². The van der Waals surface area contributed by atoms with Gasteiger partial charge in [-0.15, -0.1) is 6.42 Å². The zero-order chi connectivity index (χ0) is 12.1. The Morgan fingerprint density at radius 3 is 2.41 bits per heavy atom. The molecule has 0 unspecified atom stereocenters. The lowest BCUT2D eigenvalue weighted by molar-refractivity contribution is 0.409. The van der Waals surface area contributed by atoms with Crippen LogP contribution in [0, 0.1) is 12.3 Å². The monoisotopic (exact) mass is 225 g/mol. The Balaban J connectivity index is 1.96. The van der Waals surface area contributed by atoms with E-state index in [1.807, 2.05) is 24.3 Å². The molecule has 0 spiro atoms. The number of hydrogen-bond acceptors (Lipinski definition) is 1. The van der Waals surface area contributed by atoms with Gasteiger partial charge in [0.2, 0.25) is 0 Å². The Bertz CT molecular complexity index is 416. The number of terminal acetylenes is 1. The Hall–Kier alpha value is -1.68. The number of nitrogens with one attached hydrogen (secondary N) is 1. The minimum atomic E-state index is 0.601. The average Bonchev–Trinajstić information content (AvgIpc) is 2.40. The van der Waals surface area contributed by atoms with Crippen LogP contribution in [0.1, 0.15) is 43.2 Å². The van der Waals surface area contributed by atoms with E-state index in [2.05, 4.69) is 17.8 Å². The van der Waals surface area contributed by atoms with Gasteiger partial charge in [0.05, 0.1) is 0 Å². The summed E-state index contributed by atoms with van der Waals surface area (Å²) in [5.41, 5.74) is 3.06. The molecule has 1 fully saturated rings. The molecule has 1 N–H and O–H groups in total. The van der Waals surface area contributed by atoms with Gasteiger partial charge in [-0.2, -0.15) is 0 Å². The molecule has 88 valence electrons. The molecule has 17 heavy (non-hydrogen) atoms. The van der Waals surface area contributed by atoms with Crippen LogP contribution in [0.4, 0.5) is 0 Å². The molecular formula is C16H19N. The van der Waals surface area contributed by atoms with E-state index in [-0.39, 0.29) is 0 Å². The third kappa shape index (κ3) is 3.14. The van der Waals surface area contributed by atoms with Crippen LogP contribution in [0.15, 0.2) is 30.8 Å². The predicted molar refractivity (Wildman–Crippen MR) is 73.4 cm³/mol. The lowest BCUT2D eigenvalue weighted by Crippen LogP contribution is -2.29. The van der Waals surface area contributed by atoms with Gasteiger partial charge in [-0.25, -0.2) is 0 Å². The molecule has 1 aliphatic rings. The molecule has 0 atom stereocenters. The Kier molecular flexibility index (Phi) is 3.88. The highest BCUT2D eigenvalue weighted by Crippen LogP contribution is 2.20. The second-order valence-electron chi connectivity index (χ2n) is 4.68. The molecule has 2 rings (SSSR count). The third-order valence-electron chi connectivity index (χ3n) is 3.38. The van der Waals surface area contributed by atoms with Crippen molar-refractivity contribution in [2.45, 2.75) is 38.1 Å². The molecule has 1 aliphatic carbocycles. The molecule has 0 bridgehead atoms. The number of rotatable bonds is 3. The highest BCUT2D eigenvalue weighted by atomic mass is 14.9. The maximum absolute atomic E-state index is 5.34. The first-order valence-electron chi connectivity index (χ1n) is 6.32.